The van der Waals surface area contributed by atoms with Gasteiger partial charge in [-0.2, -0.15) is 0 Å². The minimum atomic E-state index is -0.443. The van der Waals surface area contributed by atoms with Crippen molar-refractivity contribution in [3.05, 3.63) is 0 Å². The predicted molar refractivity (Wildman–Crippen MR) is 64.3 cm³/mol. The molecule has 0 aromatic rings. The lowest BCUT2D eigenvalue weighted by molar-refractivity contribution is 0.0526. The first-order valence-electron chi connectivity index (χ1n) is 5.96. The van der Waals surface area contributed by atoms with Gasteiger partial charge in [-0.3, -0.25) is 0 Å². The van der Waals surface area contributed by atoms with E-state index in [2.05, 4.69) is 12.2 Å². The Balaban J connectivity index is 3.55. The van der Waals surface area contributed by atoms with Crippen LogP contribution in [0.4, 0.5) is 4.79 Å². The average Bonchev–Trinajstić information content (AvgIpc) is 2.15. The molecular weight excluding hydrogens is 206 g/mol. The zero-order valence-corrected chi connectivity index (χ0v) is 10.9. The van der Waals surface area contributed by atoms with Gasteiger partial charge in [-0.25, -0.2) is 4.79 Å². The quantitative estimate of drug-likeness (QED) is 0.690. The largest absolute Gasteiger partial charge is 0.444 e. The number of carbonyl (C=O) groups is 1. The first kappa shape index (κ1) is 15.2. The van der Waals surface area contributed by atoms with E-state index in [1.165, 1.54) is 0 Å². The van der Waals surface area contributed by atoms with Crippen LogP contribution in [-0.4, -0.2) is 30.0 Å². The van der Waals surface area contributed by atoms with Crippen molar-refractivity contribution >= 4 is 6.09 Å². The summed E-state index contributed by atoms with van der Waals surface area (Å²) in [6.07, 6.45) is 2.41. The number of nitrogens with one attached hydrogen (secondary N) is 1. The highest BCUT2D eigenvalue weighted by Crippen LogP contribution is 2.09. The van der Waals surface area contributed by atoms with E-state index >= 15 is 0 Å². The van der Waals surface area contributed by atoms with Crippen LogP contribution in [0.3, 0.4) is 0 Å². The van der Waals surface area contributed by atoms with Crippen molar-refractivity contribution in [1.82, 2.24) is 5.32 Å². The number of aliphatic hydroxyl groups excluding tert-OH is 1. The predicted octanol–water partition coefficient (Wildman–Crippen LogP) is 2.31. The Kier molecular flexibility index (Phi) is 7.13. The van der Waals surface area contributed by atoms with Gasteiger partial charge in [0.15, 0.2) is 0 Å². The molecule has 0 rings (SSSR count). The number of hydrogen-bond donors (Lipinski definition) is 2. The minimum absolute atomic E-state index is 0.225. The van der Waals surface area contributed by atoms with Crippen molar-refractivity contribution in [2.75, 3.05) is 13.2 Å². The molecule has 1 amide bonds. The molecule has 1 atom stereocenters. The third kappa shape index (κ3) is 8.53. The lowest BCUT2D eigenvalue weighted by Gasteiger charge is -2.19. The van der Waals surface area contributed by atoms with Gasteiger partial charge in [0.2, 0.25) is 0 Å². The maximum absolute atomic E-state index is 11.3. The smallest absolute Gasteiger partial charge is 0.407 e. The van der Waals surface area contributed by atoms with Crippen LogP contribution in [0.5, 0.6) is 0 Å². The highest BCUT2D eigenvalue weighted by Gasteiger charge is 2.15. The number of hydrogen-bond acceptors (Lipinski definition) is 3. The van der Waals surface area contributed by atoms with Gasteiger partial charge in [0.1, 0.15) is 5.60 Å². The van der Waals surface area contributed by atoms with E-state index in [4.69, 9.17) is 9.84 Å². The minimum Gasteiger partial charge on any atom is -0.444 e. The van der Waals surface area contributed by atoms with Gasteiger partial charge in [0, 0.05) is 13.2 Å². The van der Waals surface area contributed by atoms with Crippen molar-refractivity contribution in [2.24, 2.45) is 5.92 Å². The summed E-state index contributed by atoms with van der Waals surface area (Å²) in [5, 5.41) is 11.7. The summed E-state index contributed by atoms with van der Waals surface area (Å²) in [7, 11) is 0. The average molecular weight is 231 g/mol. The van der Waals surface area contributed by atoms with Crippen LogP contribution in [0.1, 0.15) is 47.0 Å². The van der Waals surface area contributed by atoms with Crippen LogP contribution in [0.15, 0.2) is 0 Å². The Bertz CT molecular complexity index is 195. The Morgan fingerprint density at radius 2 is 2.06 bits per heavy atom. The Labute approximate surface area is 98.4 Å². The summed E-state index contributed by atoms with van der Waals surface area (Å²) in [5.74, 6) is 0.348. The number of rotatable bonds is 6. The van der Waals surface area contributed by atoms with Crippen LogP contribution in [-0.2, 0) is 4.74 Å². The third-order valence-electron chi connectivity index (χ3n) is 2.29. The number of amides is 1. The molecule has 96 valence electrons. The number of carbonyl (C=O) groups excluding carboxylic acids is 1. The molecule has 4 heteroatoms. The Hall–Kier alpha value is -0.770. The topological polar surface area (TPSA) is 58.6 Å². The number of alkyl carbamates (subject to hydrolysis) is 1. The van der Waals surface area contributed by atoms with Crippen LogP contribution in [0.2, 0.25) is 0 Å². The standard InChI is InChI=1S/C12H25NO3/c1-5-10(9-14)7-6-8-13-11(15)16-12(2,3)4/h10,14H,5-9H2,1-4H3,(H,13,15). The Morgan fingerprint density at radius 3 is 2.50 bits per heavy atom. The summed E-state index contributed by atoms with van der Waals surface area (Å²) >= 11 is 0. The number of aliphatic hydroxyl groups is 1. The maximum atomic E-state index is 11.3. The van der Waals surface area contributed by atoms with Gasteiger partial charge in [-0.15, -0.1) is 0 Å². The SMILES string of the molecule is CCC(CO)CCCNC(=O)OC(C)(C)C. The van der Waals surface area contributed by atoms with Crippen LogP contribution >= 0.6 is 0 Å². The fourth-order valence-corrected chi connectivity index (χ4v) is 1.32. The van der Waals surface area contributed by atoms with E-state index < -0.39 is 5.60 Å². The lowest BCUT2D eigenvalue weighted by atomic mass is 10.0. The van der Waals surface area contributed by atoms with E-state index in [0.29, 0.717) is 12.5 Å². The van der Waals surface area contributed by atoms with Gasteiger partial charge in [-0.05, 0) is 39.5 Å². The molecule has 4 nitrogen and oxygen atoms in total. The van der Waals surface area contributed by atoms with E-state index in [1.807, 2.05) is 20.8 Å². The molecule has 0 radical (unpaired) electrons. The van der Waals surface area contributed by atoms with Crippen molar-refractivity contribution < 1.29 is 14.6 Å². The zero-order valence-electron chi connectivity index (χ0n) is 10.9. The van der Waals surface area contributed by atoms with Crippen molar-refractivity contribution in [2.45, 2.75) is 52.6 Å². The second-order valence-corrected chi connectivity index (χ2v) is 5.03. The maximum Gasteiger partial charge on any atom is 0.407 e. The summed E-state index contributed by atoms with van der Waals surface area (Å²) in [6, 6.07) is 0. The molecule has 0 saturated carbocycles. The van der Waals surface area contributed by atoms with Crippen molar-refractivity contribution in [3.8, 4) is 0 Å². The van der Waals surface area contributed by atoms with E-state index in [1.54, 1.807) is 0 Å². The molecule has 0 heterocycles. The van der Waals surface area contributed by atoms with Crippen molar-refractivity contribution in [1.29, 1.82) is 0 Å². The van der Waals surface area contributed by atoms with Gasteiger partial charge in [-0.1, -0.05) is 13.3 Å². The second-order valence-electron chi connectivity index (χ2n) is 5.03. The molecular formula is C12H25NO3. The monoisotopic (exact) mass is 231 g/mol. The van der Waals surface area contributed by atoms with Gasteiger partial charge in [0.05, 0.1) is 0 Å². The summed E-state index contributed by atoms with van der Waals surface area (Å²) < 4.78 is 5.10. The molecule has 0 aliphatic heterocycles. The summed E-state index contributed by atoms with van der Waals surface area (Å²) in [5.41, 5.74) is -0.443. The molecule has 0 fully saturated rings. The molecule has 16 heavy (non-hydrogen) atoms. The molecule has 1 unspecified atom stereocenters. The fourth-order valence-electron chi connectivity index (χ4n) is 1.32. The zero-order chi connectivity index (χ0) is 12.6. The molecule has 0 aliphatic carbocycles. The first-order valence-corrected chi connectivity index (χ1v) is 5.96. The molecule has 0 aromatic heterocycles. The molecule has 0 saturated heterocycles. The third-order valence-corrected chi connectivity index (χ3v) is 2.29. The van der Waals surface area contributed by atoms with Gasteiger partial charge < -0.3 is 15.2 Å². The molecule has 0 spiro atoms. The molecule has 0 bridgehead atoms. The summed E-state index contributed by atoms with van der Waals surface area (Å²) in [6.45, 7) is 8.40. The van der Waals surface area contributed by atoms with E-state index in [0.717, 1.165) is 19.3 Å². The Morgan fingerprint density at radius 1 is 1.44 bits per heavy atom. The molecule has 2 N–H and O–H groups in total. The van der Waals surface area contributed by atoms with Gasteiger partial charge >= 0.3 is 6.09 Å². The van der Waals surface area contributed by atoms with Crippen LogP contribution in [0, 0.1) is 5.92 Å². The fraction of sp³-hybridized carbons (Fsp3) is 0.917. The van der Waals surface area contributed by atoms with E-state index in [9.17, 15) is 4.79 Å². The number of ether oxygens (including phenoxy) is 1. The van der Waals surface area contributed by atoms with E-state index in [-0.39, 0.29) is 12.7 Å². The second kappa shape index (κ2) is 7.49. The first-order chi connectivity index (χ1) is 7.39. The van der Waals surface area contributed by atoms with Gasteiger partial charge in [0.25, 0.3) is 0 Å². The highest BCUT2D eigenvalue weighted by atomic mass is 16.6. The molecule has 0 aliphatic rings. The summed E-state index contributed by atoms with van der Waals surface area (Å²) in [4.78, 5) is 11.3. The van der Waals surface area contributed by atoms with Crippen molar-refractivity contribution in [3.63, 3.8) is 0 Å². The van der Waals surface area contributed by atoms with Crippen LogP contribution in [0.25, 0.3) is 0 Å². The lowest BCUT2D eigenvalue weighted by Crippen LogP contribution is -2.33. The normalized spacial score (nSPS) is 13.3. The highest BCUT2D eigenvalue weighted by molar-refractivity contribution is 5.67. The molecule has 0 aromatic carbocycles. The van der Waals surface area contributed by atoms with Crippen LogP contribution < -0.4 is 5.32 Å².